The lowest BCUT2D eigenvalue weighted by molar-refractivity contribution is -0.122. The Bertz CT molecular complexity index is 702. The summed E-state index contributed by atoms with van der Waals surface area (Å²) in [4.78, 5) is 24.6. The molecule has 2 heterocycles. The van der Waals surface area contributed by atoms with Crippen LogP contribution in [0.3, 0.4) is 0 Å². The van der Waals surface area contributed by atoms with E-state index in [0.29, 0.717) is 5.78 Å². The number of hydrogen-bond donors (Lipinski definition) is 0. The van der Waals surface area contributed by atoms with Crippen LogP contribution in [0.1, 0.15) is 39.3 Å². The van der Waals surface area contributed by atoms with E-state index < -0.39 is 0 Å². The lowest BCUT2D eigenvalue weighted by Crippen LogP contribution is -2.37. The maximum atomic E-state index is 13.0. The maximum absolute atomic E-state index is 13.0. The van der Waals surface area contributed by atoms with E-state index in [4.69, 9.17) is 9.72 Å². The highest BCUT2D eigenvalue weighted by Crippen LogP contribution is 2.67. The first kappa shape index (κ1) is 17.3. The first-order valence-electron chi connectivity index (χ1n) is 9.22. The van der Waals surface area contributed by atoms with Crippen LogP contribution < -0.4 is 4.90 Å². The van der Waals surface area contributed by atoms with Crippen LogP contribution in [0.25, 0.3) is 0 Å². The minimum Gasteiger partial charge on any atom is -0.378 e. The summed E-state index contributed by atoms with van der Waals surface area (Å²) in [6.45, 7) is 12.0. The van der Waals surface area contributed by atoms with Gasteiger partial charge in [0.1, 0.15) is 11.6 Å². The Balaban J connectivity index is 1.61. The monoisotopic (exact) mass is 361 g/mol. The molecule has 5 nitrogen and oxygen atoms in total. The Morgan fingerprint density at radius 2 is 1.96 bits per heavy atom. The van der Waals surface area contributed by atoms with Gasteiger partial charge in [-0.05, 0) is 30.6 Å². The van der Waals surface area contributed by atoms with Gasteiger partial charge in [-0.25, -0.2) is 9.97 Å². The van der Waals surface area contributed by atoms with Gasteiger partial charge in [0.05, 0.1) is 18.5 Å². The molecule has 0 aromatic carbocycles. The maximum Gasteiger partial charge on any atom is 0.190 e. The third-order valence-corrected chi connectivity index (χ3v) is 8.24. The molecule has 0 N–H and O–H groups in total. The van der Waals surface area contributed by atoms with Crippen molar-refractivity contribution in [2.75, 3.05) is 31.2 Å². The van der Waals surface area contributed by atoms with Gasteiger partial charge >= 0.3 is 0 Å². The van der Waals surface area contributed by atoms with Gasteiger partial charge < -0.3 is 9.64 Å². The van der Waals surface area contributed by atoms with Gasteiger partial charge in [-0.15, -0.1) is 0 Å². The molecule has 0 amide bonds. The number of nitrogens with zero attached hydrogens (tertiary/aromatic N) is 3. The quantitative estimate of drug-likeness (QED) is 0.771. The molecule has 4 rings (SSSR count). The Morgan fingerprint density at radius 3 is 2.60 bits per heavy atom. The first-order chi connectivity index (χ1) is 11.8. The molecule has 2 bridgehead atoms. The number of Topliss-reactive ketones (excluding diaryl/α,β-unsaturated/α-hetero) is 1. The molecule has 25 heavy (non-hydrogen) atoms. The Hall–Kier alpha value is -1.14. The van der Waals surface area contributed by atoms with E-state index in [1.165, 1.54) is 0 Å². The van der Waals surface area contributed by atoms with Gasteiger partial charge in [0, 0.05) is 30.8 Å². The average molecular weight is 362 g/mol. The lowest BCUT2D eigenvalue weighted by atomic mass is 9.71. The van der Waals surface area contributed by atoms with E-state index >= 15 is 0 Å². The van der Waals surface area contributed by atoms with Crippen molar-refractivity contribution in [2.45, 2.75) is 50.9 Å². The fourth-order valence-electron chi connectivity index (χ4n) is 4.81. The summed E-state index contributed by atoms with van der Waals surface area (Å²) >= 11 is 1.59. The average Bonchev–Trinajstić information content (AvgIpc) is 2.89. The smallest absolute Gasteiger partial charge is 0.190 e. The molecular weight excluding hydrogens is 334 g/mol. The summed E-state index contributed by atoms with van der Waals surface area (Å²) in [7, 11) is 0. The zero-order chi connectivity index (χ0) is 17.8. The van der Waals surface area contributed by atoms with Crippen molar-refractivity contribution >= 4 is 23.4 Å². The molecule has 3 fully saturated rings. The van der Waals surface area contributed by atoms with Crippen LogP contribution in [-0.2, 0) is 9.53 Å². The van der Waals surface area contributed by atoms with Gasteiger partial charge in [-0.1, -0.05) is 32.5 Å². The van der Waals surface area contributed by atoms with Crippen LogP contribution in [0.15, 0.2) is 11.2 Å². The fourth-order valence-corrected chi connectivity index (χ4v) is 6.33. The molecule has 3 atom stereocenters. The first-order valence-corrected chi connectivity index (χ1v) is 10.1. The van der Waals surface area contributed by atoms with E-state index in [0.717, 1.165) is 55.8 Å². The summed E-state index contributed by atoms with van der Waals surface area (Å²) in [6.07, 6.45) is 2.16. The molecular formula is C19H27N3O2S. The number of aromatic nitrogens is 2. The molecule has 136 valence electrons. The number of ether oxygens (including phenoxy) is 1. The second kappa shape index (κ2) is 5.95. The van der Waals surface area contributed by atoms with E-state index in [2.05, 4.69) is 30.7 Å². The zero-order valence-corrected chi connectivity index (χ0v) is 16.4. The number of hydrogen-bond acceptors (Lipinski definition) is 6. The molecule has 3 aliphatic rings. The van der Waals surface area contributed by atoms with Gasteiger partial charge in [-0.3, -0.25) is 4.79 Å². The largest absolute Gasteiger partial charge is 0.378 e. The van der Waals surface area contributed by atoms with Crippen LogP contribution in [0.4, 0.5) is 5.82 Å². The highest BCUT2D eigenvalue weighted by molar-refractivity contribution is 8.00. The standard InChI is InChI=1S/C19H27N3O2S/c1-12-11-14(22-7-9-24-10-8-22)21-17(20-12)25-16-15(23)13-5-6-19(16,4)18(13,2)3/h11,13,16H,5-10H2,1-4H3/t13-,16+,19-/m0/s1. The van der Waals surface area contributed by atoms with E-state index in [1.807, 2.05) is 13.0 Å². The van der Waals surface area contributed by atoms with Gasteiger partial charge in [-0.2, -0.15) is 0 Å². The van der Waals surface area contributed by atoms with Crippen molar-refractivity contribution < 1.29 is 9.53 Å². The molecule has 1 aliphatic heterocycles. The van der Waals surface area contributed by atoms with Crippen LogP contribution >= 0.6 is 11.8 Å². The molecule has 0 spiro atoms. The molecule has 1 aromatic heterocycles. The predicted molar refractivity (Wildman–Crippen MR) is 99.1 cm³/mol. The summed E-state index contributed by atoms with van der Waals surface area (Å²) in [6, 6.07) is 2.03. The van der Waals surface area contributed by atoms with Crippen molar-refractivity contribution in [2.24, 2.45) is 16.7 Å². The summed E-state index contributed by atoms with van der Waals surface area (Å²) in [5.74, 6) is 1.55. The Labute approximate surface area is 153 Å². The fraction of sp³-hybridized carbons (Fsp3) is 0.737. The van der Waals surface area contributed by atoms with Crippen LogP contribution in [0, 0.1) is 23.7 Å². The summed E-state index contributed by atoms with van der Waals surface area (Å²) in [5, 5.41) is 0.713. The minimum atomic E-state index is -0.0272. The number of aryl methyl sites for hydroxylation is 1. The molecule has 1 aromatic rings. The van der Waals surface area contributed by atoms with Crippen molar-refractivity contribution in [1.82, 2.24) is 9.97 Å². The van der Waals surface area contributed by atoms with Gasteiger partial charge in [0.2, 0.25) is 0 Å². The molecule has 2 aliphatic carbocycles. The molecule has 0 radical (unpaired) electrons. The predicted octanol–water partition coefficient (Wildman–Crippen LogP) is 3.11. The highest BCUT2D eigenvalue weighted by Gasteiger charge is 2.66. The van der Waals surface area contributed by atoms with Crippen LogP contribution in [0.2, 0.25) is 0 Å². The molecule has 1 saturated heterocycles. The number of fused-ring (bicyclic) bond motifs is 2. The third-order valence-electron chi connectivity index (χ3n) is 6.85. The second-order valence-corrected chi connectivity index (χ2v) is 9.45. The minimum absolute atomic E-state index is 0.0272. The van der Waals surface area contributed by atoms with Crippen LogP contribution in [-0.4, -0.2) is 47.3 Å². The van der Waals surface area contributed by atoms with E-state index in [-0.39, 0.29) is 22.0 Å². The normalized spacial score (nSPS) is 33.9. The number of carbonyl (C=O) groups excluding carboxylic acids is 1. The lowest BCUT2D eigenvalue weighted by Gasteiger charge is -2.37. The number of anilines is 1. The number of ketones is 1. The van der Waals surface area contributed by atoms with Crippen molar-refractivity contribution in [3.63, 3.8) is 0 Å². The van der Waals surface area contributed by atoms with Gasteiger partial charge in [0.25, 0.3) is 0 Å². The second-order valence-electron chi connectivity index (χ2n) is 8.38. The van der Waals surface area contributed by atoms with E-state index in [1.54, 1.807) is 11.8 Å². The topological polar surface area (TPSA) is 55.3 Å². The van der Waals surface area contributed by atoms with Crippen LogP contribution in [0.5, 0.6) is 0 Å². The van der Waals surface area contributed by atoms with Gasteiger partial charge in [0.15, 0.2) is 5.16 Å². The third kappa shape index (κ3) is 2.60. The molecule has 2 saturated carbocycles. The van der Waals surface area contributed by atoms with Crippen molar-refractivity contribution in [1.29, 1.82) is 0 Å². The molecule has 0 unspecified atom stereocenters. The van der Waals surface area contributed by atoms with Crippen molar-refractivity contribution in [3.8, 4) is 0 Å². The zero-order valence-electron chi connectivity index (χ0n) is 15.5. The number of thioether (sulfide) groups is 1. The van der Waals surface area contributed by atoms with E-state index in [9.17, 15) is 4.79 Å². The van der Waals surface area contributed by atoms with Crippen molar-refractivity contribution in [3.05, 3.63) is 11.8 Å². The summed E-state index contributed by atoms with van der Waals surface area (Å²) in [5.41, 5.74) is 1.06. The molecule has 6 heteroatoms. The number of morpholine rings is 1. The SMILES string of the molecule is Cc1cc(N2CCOCC2)nc(S[C@@H]2C(=O)[C@@H]3CC[C@]2(C)C3(C)C)n1. The Morgan fingerprint density at radius 1 is 1.24 bits per heavy atom. The number of rotatable bonds is 3. The number of carbonyl (C=O) groups is 1. The summed E-state index contributed by atoms with van der Waals surface area (Å²) < 4.78 is 5.44. The highest BCUT2D eigenvalue weighted by atomic mass is 32.2. The Kier molecular flexibility index (Phi) is 4.11.